The van der Waals surface area contributed by atoms with Gasteiger partial charge >= 0.3 is 20.1 Å². The number of thiophene rings is 1. The Bertz CT molecular complexity index is 786. The summed E-state index contributed by atoms with van der Waals surface area (Å²) < 4.78 is 0. The van der Waals surface area contributed by atoms with E-state index in [9.17, 15) is 24.8 Å². The van der Waals surface area contributed by atoms with Crippen LogP contribution in [0.15, 0.2) is 10.3 Å². The highest BCUT2D eigenvalue weighted by Gasteiger charge is 2.50. The summed E-state index contributed by atoms with van der Waals surface area (Å²) in [6, 6.07) is -1.80. The maximum atomic E-state index is 12.3. The van der Waals surface area contributed by atoms with Crippen molar-refractivity contribution in [3.63, 3.8) is 0 Å². The maximum Gasteiger partial charge on any atom is 0.431 e. The predicted octanol–water partition coefficient (Wildman–Crippen LogP) is -0.184. The second kappa shape index (κ2) is 7.50. The molecule has 1 fully saturated rings. The monoisotopic (exact) mass is 393 g/mol. The van der Waals surface area contributed by atoms with Crippen molar-refractivity contribution in [2.75, 3.05) is 6.54 Å². The van der Waals surface area contributed by atoms with Crippen molar-refractivity contribution in [3.05, 3.63) is 21.4 Å². The number of nitrogens with zero attached hydrogens (tertiary/aromatic N) is 3. The maximum absolute atomic E-state index is 12.3. The van der Waals surface area contributed by atoms with E-state index in [2.05, 4.69) is 15.4 Å². The lowest BCUT2D eigenvalue weighted by Crippen LogP contribution is -2.45. The third-order valence-corrected chi connectivity index (χ3v) is 5.58. The molecular weight excluding hydrogens is 372 g/mol. The number of hydrogen-bond donors (Lipinski definition) is 5. The molecule has 1 aromatic rings. The van der Waals surface area contributed by atoms with Crippen molar-refractivity contribution >= 4 is 43.2 Å². The van der Waals surface area contributed by atoms with Gasteiger partial charge in [0.1, 0.15) is 12.1 Å². The number of hydrogen-bond acceptors (Lipinski definition) is 7. The summed E-state index contributed by atoms with van der Waals surface area (Å²) in [7, 11) is -1.85. The summed E-state index contributed by atoms with van der Waals surface area (Å²) >= 11 is 1.39. The van der Waals surface area contributed by atoms with Crippen LogP contribution in [-0.2, 0) is 11.3 Å². The SMILES string of the molecule is CB(O)N=C(NCc1csc2c1[C@@H](C(C)=O)N1CC2N(O)C1=O)NB(C)O. The predicted molar refractivity (Wildman–Crippen MR) is 101 cm³/mol. The van der Waals surface area contributed by atoms with Gasteiger partial charge in [0.05, 0.1) is 6.54 Å². The minimum atomic E-state index is -0.970. The van der Waals surface area contributed by atoms with Gasteiger partial charge in [0, 0.05) is 17.0 Å². The van der Waals surface area contributed by atoms with Crippen LogP contribution in [0.1, 0.15) is 35.0 Å². The van der Waals surface area contributed by atoms with E-state index < -0.39 is 32.2 Å². The molecule has 2 aliphatic rings. The first-order valence-corrected chi connectivity index (χ1v) is 9.42. The van der Waals surface area contributed by atoms with Crippen molar-refractivity contribution in [1.29, 1.82) is 0 Å². The Hall–Kier alpha value is -2.08. The quantitative estimate of drug-likeness (QED) is 0.203. The highest BCUT2D eigenvalue weighted by atomic mass is 32.1. The Balaban J connectivity index is 1.89. The molecular formula is C14H21B2N5O5S. The Morgan fingerprint density at radius 3 is 2.74 bits per heavy atom. The van der Waals surface area contributed by atoms with Crippen LogP contribution >= 0.6 is 11.3 Å². The number of Topliss-reactive ketones (excluding diaryl/α,β-unsaturated/α-hetero) is 1. The number of carbonyl (C=O) groups excluding carboxylic acids is 2. The molecule has 1 aromatic heterocycles. The molecule has 3 rings (SSSR count). The van der Waals surface area contributed by atoms with E-state index in [4.69, 9.17) is 0 Å². The van der Waals surface area contributed by atoms with Gasteiger partial charge in [-0.15, -0.1) is 11.3 Å². The van der Waals surface area contributed by atoms with Crippen LogP contribution in [0.5, 0.6) is 0 Å². The van der Waals surface area contributed by atoms with E-state index in [1.165, 1.54) is 36.8 Å². The summed E-state index contributed by atoms with van der Waals surface area (Å²) in [5.41, 5.74) is 1.51. The summed E-state index contributed by atoms with van der Waals surface area (Å²) in [5, 5.41) is 37.3. The van der Waals surface area contributed by atoms with Crippen LogP contribution in [-0.4, -0.2) is 63.6 Å². The van der Waals surface area contributed by atoms with Crippen LogP contribution in [0.3, 0.4) is 0 Å². The molecule has 0 radical (unpaired) electrons. The number of rotatable bonds is 5. The van der Waals surface area contributed by atoms with Crippen LogP contribution in [0.4, 0.5) is 4.79 Å². The number of guanidine groups is 1. The van der Waals surface area contributed by atoms with Gasteiger partial charge in [0.2, 0.25) is 0 Å². The molecule has 144 valence electrons. The Morgan fingerprint density at radius 1 is 1.44 bits per heavy atom. The van der Waals surface area contributed by atoms with Crippen LogP contribution in [0.2, 0.25) is 13.6 Å². The molecule has 2 aliphatic heterocycles. The van der Waals surface area contributed by atoms with E-state index in [-0.39, 0.29) is 24.8 Å². The second-order valence-corrected chi connectivity index (χ2v) is 7.54. The smallest absolute Gasteiger partial charge is 0.431 e. The average molecular weight is 393 g/mol. The van der Waals surface area contributed by atoms with Gasteiger partial charge in [0.25, 0.3) is 0 Å². The minimum Gasteiger partial charge on any atom is -0.433 e. The molecule has 2 bridgehead atoms. The largest absolute Gasteiger partial charge is 0.433 e. The molecule has 27 heavy (non-hydrogen) atoms. The summed E-state index contributed by atoms with van der Waals surface area (Å²) in [6.07, 6.45) is 0. The fraction of sp³-hybridized carbons (Fsp3) is 0.500. The molecule has 0 aliphatic carbocycles. The van der Waals surface area contributed by atoms with Crippen LogP contribution in [0.25, 0.3) is 0 Å². The molecule has 2 atom stereocenters. The second-order valence-electron chi connectivity index (χ2n) is 6.63. The Morgan fingerprint density at radius 2 is 2.15 bits per heavy atom. The fourth-order valence-corrected chi connectivity index (χ4v) is 4.60. The average Bonchev–Trinajstić information content (AvgIpc) is 3.08. The molecule has 0 aromatic carbocycles. The molecule has 10 nitrogen and oxygen atoms in total. The topological polar surface area (TPSA) is 138 Å². The summed E-state index contributed by atoms with van der Waals surface area (Å²) in [4.78, 5) is 30.6. The van der Waals surface area contributed by atoms with Gasteiger partial charge in [-0.05, 0) is 31.5 Å². The first-order valence-electron chi connectivity index (χ1n) is 8.54. The molecule has 1 unspecified atom stereocenters. The molecule has 3 heterocycles. The molecule has 1 saturated heterocycles. The van der Waals surface area contributed by atoms with Gasteiger partial charge in [-0.1, -0.05) is 0 Å². The molecule has 0 spiro atoms. The lowest BCUT2D eigenvalue weighted by molar-refractivity contribution is -0.121. The van der Waals surface area contributed by atoms with Gasteiger partial charge in [-0.3, -0.25) is 14.9 Å². The third kappa shape index (κ3) is 3.68. The zero-order chi connectivity index (χ0) is 19.9. The Labute approximate surface area is 161 Å². The highest BCUT2D eigenvalue weighted by molar-refractivity contribution is 7.10. The van der Waals surface area contributed by atoms with E-state index >= 15 is 0 Å². The standard InChI is InChI=1S/C14H21B2N5O5S/c1-7(22)11-10-8(4-17-13(18-15(2)24)19-16(3)25)6-27-12(10)9-5-20(11)14(23)21(9)26/h6,9,11,24-26H,4-5H2,1-3H3,(H2,17,18,19)/t9?,11-/m1/s1. The molecule has 2 amide bonds. The highest BCUT2D eigenvalue weighted by Crippen LogP contribution is 2.47. The van der Waals surface area contributed by atoms with Crippen molar-refractivity contribution in [3.8, 4) is 0 Å². The van der Waals surface area contributed by atoms with Gasteiger partial charge in [-0.2, -0.15) is 5.06 Å². The molecule has 0 saturated carbocycles. The summed E-state index contributed by atoms with van der Waals surface area (Å²) in [6.45, 7) is 4.96. The zero-order valence-electron chi connectivity index (χ0n) is 15.2. The number of amides is 2. The fourth-order valence-electron chi connectivity index (χ4n) is 3.42. The number of hydroxylamine groups is 2. The third-order valence-electron chi connectivity index (χ3n) is 4.43. The number of fused-ring (bicyclic) bond motifs is 4. The van der Waals surface area contributed by atoms with E-state index in [0.29, 0.717) is 5.06 Å². The first-order chi connectivity index (χ1) is 12.7. The zero-order valence-corrected chi connectivity index (χ0v) is 16.0. The summed E-state index contributed by atoms with van der Waals surface area (Å²) in [5.74, 6) is 0.0243. The number of nitrogens with one attached hydrogen (secondary N) is 2. The van der Waals surface area contributed by atoms with Gasteiger partial charge in [-0.25, -0.2) is 4.79 Å². The van der Waals surface area contributed by atoms with Gasteiger partial charge in [0.15, 0.2) is 11.7 Å². The van der Waals surface area contributed by atoms with Crippen molar-refractivity contribution in [2.45, 2.75) is 39.2 Å². The van der Waals surface area contributed by atoms with E-state index in [1.54, 1.807) is 0 Å². The normalized spacial score (nSPS) is 21.3. The number of carbonyl (C=O) groups is 2. The van der Waals surface area contributed by atoms with Crippen LogP contribution in [0, 0.1) is 0 Å². The van der Waals surface area contributed by atoms with Gasteiger partial charge < -0.3 is 25.5 Å². The first kappa shape index (κ1) is 19.7. The lowest BCUT2D eigenvalue weighted by Gasteiger charge is -2.30. The van der Waals surface area contributed by atoms with Crippen molar-refractivity contribution in [2.24, 2.45) is 4.90 Å². The molecule has 13 heteroatoms. The van der Waals surface area contributed by atoms with E-state index in [1.807, 2.05) is 5.38 Å². The van der Waals surface area contributed by atoms with Crippen LogP contribution < -0.4 is 10.5 Å². The van der Waals surface area contributed by atoms with Crippen molar-refractivity contribution in [1.82, 2.24) is 20.5 Å². The Kier molecular flexibility index (Phi) is 5.47. The number of urea groups is 1. The minimum absolute atomic E-state index is 0.182. The lowest BCUT2D eigenvalue weighted by atomic mass is 9.88. The molecule has 5 N–H and O–H groups in total. The number of ketones is 1. The van der Waals surface area contributed by atoms with E-state index in [0.717, 1.165) is 16.0 Å². The van der Waals surface area contributed by atoms with Crippen molar-refractivity contribution < 1.29 is 24.8 Å².